The van der Waals surface area contributed by atoms with Gasteiger partial charge in [-0.3, -0.25) is 9.59 Å². The lowest BCUT2D eigenvalue weighted by Crippen LogP contribution is -2.30. The normalized spacial score (nSPS) is 11.1. The lowest BCUT2D eigenvalue weighted by atomic mass is 10.2. The minimum Gasteiger partial charge on any atom is -0.459 e. The number of carbonyl (C=O) groups is 3. The molecule has 0 fully saturated rings. The molecule has 8 heteroatoms. The van der Waals surface area contributed by atoms with Gasteiger partial charge in [-0.05, 0) is 67.6 Å². The van der Waals surface area contributed by atoms with Crippen molar-refractivity contribution in [2.45, 2.75) is 13.0 Å². The van der Waals surface area contributed by atoms with Gasteiger partial charge in [0.1, 0.15) is 0 Å². The van der Waals surface area contributed by atoms with Crippen LogP contribution in [0.25, 0.3) is 0 Å². The van der Waals surface area contributed by atoms with Crippen molar-refractivity contribution >= 4 is 29.2 Å². The maximum absolute atomic E-state index is 12.3. The Morgan fingerprint density at radius 1 is 0.967 bits per heavy atom. The van der Waals surface area contributed by atoms with Crippen LogP contribution in [0.1, 0.15) is 33.4 Å². The van der Waals surface area contributed by atoms with E-state index < -0.39 is 23.9 Å². The van der Waals surface area contributed by atoms with Crippen molar-refractivity contribution in [2.24, 2.45) is 0 Å². The molecule has 1 atom stereocenters. The van der Waals surface area contributed by atoms with E-state index in [0.29, 0.717) is 16.9 Å². The second kappa shape index (κ2) is 9.21. The number of ether oxygens (including phenoxy) is 1. The van der Waals surface area contributed by atoms with Gasteiger partial charge in [-0.2, -0.15) is 5.26 Å². The summed E-state index contributed by atoms with van der Waals surface area (Å²) < 4.78 is 10.2. The highest BCUT2D eigenvalue weighted by Crippen LogP contribution is 2.14. The van der Waals surface area contributed by atoms with Crippen LogP contribution in [-0.4, -0.2) is 23.9 Å². The standard InChI is InChI=1S/C22H17N3O5/c1-14(20(26)24-17-8-4-15(13-23)5-9-17)30-22(28)16-6-10-18(11-7-16)25-21(27)19-3-2-12-29-19/h2-12,14H,1H3,(H,24,26)(H,25,27)/t14-/m0/s1. The van der Waals surface area contributed by atoms with Crippen LogP contribution in [-0.2, 0) is 9.53 Å². The number of nitrogens with one attached hydrogen (secondary N) is 2. The third kappa shape index (κ3) is 5.11. The Labute approximate surface area is 172 Å². The van der Waals surface area contributed by atoms with Gasteiger partial charge in [0.25, 0.3) is 11.8 Å². The van der Waals surface area contributed by atoms with Gasteiger partial charge in [-0.25, -0.2) is 4.79 Å². The predicted octanol–water partition coefficient (Wildman–Crippen LogP) is 3.59. The minimum absolute atomic E-state index is 0.167. The highest BCUT2D eigenvalue weighted by molar-refractivity contribution is 6.02. The largest absolute Gasteiger partial charge is 0.459 e. The molecule has 0 aliphatic rings. The van der Waals surface area contributed by atoms with E-state index in [1.165, 1.54) is 31.4 Å². The van der Waals surface area contributed by atoms with Crippen LogP contribution >= 0.6 is 0 Å². The van der Waals surface area contributed by atoms with E-state index in [9.17, 15) is 14.4 Å². The van der Waals surface area contributed by atoms with Gasteiger partial charge in [0.05, 0.1) is 23.5 Å². The molecule has 1 heterocycles. The van der Waals surface area contributed by atoms with Gasteiger partial charge in [-0.15, -0.1) is 0 Å². The van der Waals surface area contributed by atoms with Crippen LogP contribution in [0.15, 0.2) is 71.3 Å². The van der Waals surface area contributed by atoms with E-state index in [-0.39, 0.29) is 11.3 Å². The predicted molar refractivity (Wildman–Crippen MR) is 108 cm³/mol. The Morgan fingerprint density at radius 2 is 1.60 bits per heavy atom. The smallest absolute Gasteiger partial charge is 0.338 e. The summed E-state index contributed by atoms with van der Waals surface area (Å²) in [5, 5.41) is 14.0. The molecule has 0 radical (unpaired) electrons. The van der Waals surface area contributed by atoms with E-state index in [4.69, 9.17) is 14.4 Å². The summed E-state index contributed by atoms with van der Waals surface area (Å²) in [5.41, 5.74) is 1.65. The summed E-state index contributed by atoms with van der Waals surface area (Å²) in [4.78, 5) is 36.4. The second-order valence-corrected chi connectivity index (χ2v) is 6.23. The first kappa shape index (κ1) is 20.4. The van der Waals surface area contributed by atoms with Crippen LogP contribution in [0.2, 0.25) is 0 Å². The van der Waals surface area contributed by atoms with Crippen molar-refractivity contribution in [3.63, 3.8) is 0 Å². The molecule has 3 aromatic rings. The monoisotopic (exact) mass is 403 g/mol. The summed E-state index contributed by atoms with van der Waals surface area (Å²) in [5.74, 6) is -1.43. The van der Waals surface area contributed by atoms with E-state index in [1.54, 1.807) is 42.5 Å². The first-order valence-corrected chi connectivity index (χ1v) is 8.93. The van der Waals surface area contributed by atoms with Gasteiger partial charge in [0.15, 0.2) is 11.9 Å². The number of furan rings is 1. The van der Waals surface area contributed by atoms with Gasteiger partial charge < -0.3 is 19.8 Å². The van der Waals surface area contributed by atoms with Crippen molar-refractivity contribution in [2.75, 3.05) is 10.6 Å². The fraction of sp³-hybridized carbons (Fsp3) is 0.0909. The average Bonchev–Trinajstić information content (AvgIpc) is 3.30. The molecular weight excluding hydrogens is 386 g/mol. The van der Waals surface area contributed by atoms with Gasteiger partial charge in [-0.1, -0.05) is 0 Å². The summed E-state index contributed by atoms with van der Waals surface area (Å²) in [6, 6.07) is 17.5. The Kier molecular flexibility index (Phi) is 6.25. The number of carbonyl (C=O) groups excluding carboxylic acids is 3. The molecule has 2 aromatic carbocycles. The molecule has 0 aliphatic carbocycles. The van der Waals surface area contributed by atoms with Crippen molar-refractivity contribution in [3.8, 4) is 6.07 Å². The van der Waals surface area contributed by atoms with E-state index >= 15 is 0 Å². The summed E-state index contributed by atoms with van der Waals surface area (Å²) in [6.07, 6.45) is 0.360. The van der Waals surface area contributed by atoms with Gasteiger partial charge >= 0.3 is 5.97 Å². The average molecular weight is 403 g/mol. The van der Waals surface area contributed by atoms with Crippen LogP contribution in [0.5, 0.6) is 0 Å². The Morgan fingerprint density at radius 3 is 2.20 bits per heavy atom. The number of hydrogen-bond donors (Lipinski definition) is 2. The molecule has 0 bridgehead atoms. The zero-order valence-electron chi connectivity index (χ0n) is 15.9. The number of rotatable bonds is 6. The maximum atomic E-state index is 12.3. The van der Waals surface area contributed by atoms with Crippen LogP contribution in [0.4, 0.5) is 11.4 Å². The molecule has 8 nitrogen and oxygen atoms in total. The fourth-order valence-corrected chi connectivity index (χ4v) is 2.44. The molecule has 30 heavy (non-hydrogen) atoms. The molecule has 3 rings (SSSR count). The first-order chi connectivity index (χ1) is 14.5. The van der Waals surface area contributed by atoms with E-state index in [1.807, 2.05) is 6.07 Å². The Hall–Kier alpha value is -4.38. The molecule has 0 saturated heterocycles. The molecule has 0 spiro atoms. The molecule has 0 unspecified atom stereocenters. The van der Waals surface area contributed by atoms with Crippen molar-refractivity contribution in [1.82, 2.24) is 0 Å². The molecule has 2 amide bonds. The Bertz CT molecular complexity index is 1080. The third-order valence-electron chi connectivity index (χ3n) is 4.06. The lowest BCUT2D eigenvalue weighted by Gasteiger charge is -2.14. The third-order valence-corrected chi connectivity index (χ3v) is 4.06. The summed E-state index contributed by atoms with van der Waals surface area (Å²) in [6.45, 7) is 1.45. The number of nitrogens with zero attached hydrogens (tertiary/aromatic N) is 1. The second-order valence-electron chi connectivity index (χ2n) is 6.23. The van der Waals surface area contributed by atoms with Crippen LogP contribution in [0, 0.1) is 11.3 Å². The zero-order chi connectivity index (χ0) is 21.5. The molecule has 2 N–H and O–H groups in total. The van der Waals surface area contributed by atoms with Gasteiger partial charge in [0, 0.05) is 11.4 Å². The van der Waals surface area contributed by atoms with Crippen LogP contribution < -0.4 is 10.6 Å². The van der Waals surface area contributed by atoms with E-state index in [0.717, 1.165) is 0 Å². The molecule has 0 aliphatic heterocycles. The number of amides is 2. The van der Waals surface area contributed by atoms with Crippen molar-refractivity contribution in [1.29, 1.82) is 5.26 Å². The van der Waals surface area contributed by atoms with Crippen molar-refractivity contribution < 1.29 is 23.5 Å². The minimum atomic E-state index is -1.04. The van der Waals surface area contributed by atoms with Crippen LogP contribution in [0.3, 0.4) is 0 Å². The molecular formula is C22H17N3O5. The molecule has 150 valence electrons. The highest BCUT2D eigenvalue weighted by atomic mass is 16.5. The Balaban J connectivity index is 1.54. The fourth-order valence-electron chi connectivity index (χ4n) is 2.44. The molecule has 1 aromatic heterocycles. The van der Waals surface area contributed by atoms with E-state index in [2.05, 4.69) is 10.6 Å². The SMILES string of the molecule is C[C@H](OC(=O)c1ccc(NC(=O)c2ccco2)cc1)C(=O)Nc1ccc(C#N)cc1. The number of anilines is 2. The topological polar surface area (TPSA) is 121 Å². The lowest BCUT2D eigenvalue weighted by molar-refractivity contribution is -0.123. The summed E-state index contributed by atoms with van der Waals surface area (Å²) in [7, 11) is 0. The maximum Gasteiger partial charge on any atom is 0.338 e. The first-order valence-electron chi connectivity index (χ1n) is 8.93. The number of hydrogen-bond acceptors (Lipinski definition) is 6. The summed E-state index contributed by atoms with van der Waals surface area (Å²) >= 11 is 0. The number of esters is 1. The number of nitriles is 1. The quantitative estimate of drug-likeness (QED) is 0.607. The molecule has 0 saturated carbocycles. The highest BCUT2D eigenvalue weighted by Gasteiger charge is 2.19. The van der Waals surface area contributed by atoms with Crippen molar-refractivity contribution in [3.05, 3.63) is 83.8 Å². The van der Waals surface area contributed by atoms with Gasteiger partial charge in [0.2, 0.25) is 0 Å². The zero-order valence-corrected chi connectivity index (χ0v) is 15.9. The number of benzene rings is 2.